The molecule has 4 heteroatoms. The van der Waals surface area contributed by atoms with Crippen molar-refractivity contribution >= 4 is 5.97 Å². The van der Waals surface area contributed by atoms with Crippen molar-refractivity contribution < 1.29 is 9.90 Å². The van der Waals surface area contributed by atoms with Crippen LogP contribution in [0, 0.1) is 0 Å². The van der Waals surface area contributed by atoms with Crippen LogP contribution in [0.4, 0.5) is 0 Å². The number of pyridine rings is 1. The molecule has 0 atom stereocenters. The lowest BCUT2D eigenvalue weighted by Crippen LogP contribution is -2.23. The van der Waals surface area contributed by atoms with Crippen LogP contribution in [0.15, 0.2) is 23.1 Å². The Morgan fingerprint density at radius 1 is 1.50 bits per heavy atom. The maximum absolute atomic E-state index is 11.2. The smallest absolute Gasteiger partial charge is 0.323 e. The largest absolute Gasteiger partial charge is 0.480 e. The van der Waals surface area contributed by atoms with E-state index < -0.39 is 5.97 Å². The van der Waals surface area contributed by atoms with Crippen LogP contribution >= 0.6 is 0 Å². The fraction of sp³-hybridized carbons (Fsp3) is 0.400. The summed E-state index contributed by atoms with van der Waals surface area (Å²) in [4.78, 5) is 21.7. The summed E-state index contributed by atoms with van der Waals surface area (Å²) in [5.74, 6) is -0.719. The molecule has 1 aromatic rings. The zero-order chi connectivity index (χ0) is 10.7. The van der Waals surface area contributed by atoms with Crippen molar-refractivity contribution in [1.82, 2.24) is 4.57 Å². The van der Waals surface area contributed by atoms with Crippen molar-refractivity contribution in [3.63, 3.8) is 0 Å². The van der Waals surface area contributed by atoms with Gasteiger partial charge in [-0.25, -0.2) is 0 Å². The van der Waals surface area contributed by atoms with Gasteiger partial charge >= 0.3 is 5.97 Å². The average Bonchev–Trinajstić information content (AvgIpc) is 2.07. The minimum Gasteiger partial charge on any atom is -0.480 e. The highest BCUT2D eigenvalue weighted by Crippen LogP contribution is 2.11. The van der Waals surface area contributed by atoms with E-state index in [4.69, 9.17) is 5.11 Å². The third kappa shape index (κ3) is 2.45. The molecule has 0 amide bonds. The van der Waals surface area contributed by atoms with E-state index in [1.165, 1.54) is 10.6 Å². The van der Waals surface area contributed by atoms with Crippen LogP contribution in [-0.2, 0) is 11.3 Å². The highest BCUT2D eigenvalue weighted by Gasteiger charge is 2.04. The Bertz CT molecular complexity index is 393. The van der Waals surface area contributed by atoms with Gasteiger partial charge in [0.05, 0.1) is 0 Å². The number of hydrogen-bond acceptors (Lipinski definition) is 2. The average molecular weight is 195 g/mol. The Kier molecular flexibility index (Phi) is 3.06. The van der Waals surface area contributed by atoms with Gasteiger partial charge in [-0.15, -0.1) is 0 Å². The number of carbonyl (C=O) groups is 1. The van der Waals surface area contributed by atoms with Crippen LogP contribution < -0.4 is 5.56 Å². The molecule has 1 rings (SSSR count). The Morgan fingerprint density at radius 3 is 2.64 bits per heavy atom. The SMILES string of the molecule is CC(C)c1ccc(=O)n(CC(=O)O)c1. The second kappa shape index (κ2) is 4.09. The van der Waals surface area contributed by atoms with Gasteiger partial charge < -0.3 is 9.67 Å². The molecule has 1 heterocycles. The lowest BCUT2D eigenvalue weighted by Gasteiger charge is -2.08. The van der Waals surface area contributed by atoms with Crippen molar-refractivity contribution in [3.05, 3.63) is 34.2 Å². The maximum atomic E-state index is 11.2. The minimum absolute atomic E-state index is 0.278. The number of aromatic nitrogens is 1. The fourth-order valence-corrected chi connectivity index (χ4v) is 1.16. The summed E-state index contributed by atoms with van der Waals surface area (Å²) in [6.07, 6.45) is 1.60. The van der Waals surface area contributed by atoms with E-state index in [1.807, 2.05) is 13.8 Å². The van der Waals surface area contributed by atoms with E-state index in [0.29, 0.717) is 0 Å². The summed E-state index contributed by atoms with van der Waals surface area (Å²) in [5, 5.41) is 8.56. The molecule has 76 valence electrons. The number of carboxylic acid groups (broad SMARTS) is 1. The van der Waals surface area contributed by atoms with Gasteiger partial charge in [0.1, 0.15) is 6.54 Å². The maximum Gasteiger partial charge on any atom is 0.323 e. The van der Waals surface area contributed by atoms with Gasteiger partial charge in [-0.2, -0.15) is 0 Å². The molecule has 1 N–H and O–H groups in total. The first kappa shape index (κ1) is 10.5. The Labute approximate surface area is 81.8 Å². The Balaban J connectivity index is 3.08. The van der Waals surface area contributed by atoms with E-state index in [0.717, 1.165) is 5.56 Å². The lowest BCUT2D eigenvalue weighted by atomic mass is 10.1. The first-order chi connectivity index (χ1) is 6.50. The fourth-order valence-electron chi connectivity index (χ4n) is 1.16. The molecule has 0 aromatic carbocycles. The normalized spacial score (nSPS) is 10.5. The van der Waals surface area contributed by atoms with E-state index in [1.54, 1.807) is 12.3 Å². The van der Waals surface area contributed by atoms with E-state index in [-0.39, 0.29) is 18.0 Å². The molecular formula is C10H13NO3. The molecule has 0 bridgehead atoms. The van der Waals surface area contributed by atoms with Crippen molar-refractivity contribution in [1.29, 1.82) is 0 Å². The molecular weight excluding hydrogens is 182 g/mol. The van der Waals surface area contributed by atoms with Crippen LogP contribution in [0.1, 0.15) is 25.3 Å². The van der Waals surface area contributed by atoms with Crippen molar-refractivity contribution in [2.45, 2.75) is 26.3 Å². The lowest BCUT2D eigenvalue weighted by molar-refractivity contribution is -0.137. The van der Waals surface area contributed by atoms with Gasteiger partial charge in [0.2, 0.25) is 0 Å². The standard InChI is InChI=1S/C10H13NO3/c1-7(2)8-3-4-9(12)11(5-8)6-10(13)14/h3-5,7H,6H2,1-2H3,(H,13,14). The van der Waals surface area contributed by atoms with Gasteiger partial charge in [-0.1, -0.05) is 19.9 Å². The van der Waals surface area contributed by atoms with E-state index >= 15 is 0 Å². The number of hydrogen-bond donors (Lipinski definition) is 1. The first-order valence-electron chi connectivity index (χ1n) is 4.43. The molecule has 1 aromatic heterocycles. The molecule has 4 nitrogen and oxygen atoms in total. The van der Waals surface area contributed by atoms with Gasteiger partial charge in [-0.05, 0) is 11.5 Å². The molecule has 0 unspecified atom stereocenters. The summed E-state index contributed by atoms with van der Waals surface area (Å²) >= 11 is 0. The summed E-state index contributed by atoms with van der Waals surface area (Å²) in [6.45, 7) is 3.70. The molecule has 0 saturated carbocycles. The summed E-state index contributed by atoms with van der Waals surface area (Å²) in [6, 6.07) is 3.13. The summed E-state index contributed by atoms with van der Waals surface area (Å²) < 4.78 is 1.21. The van der Waals surface area contributed by atoms with Crippen LogP contribution in [0.25, 0.3) is 0 Å². The number of nitrogens with zero attached hydrogens (tertiary/aromatic N) is 1. The third-order valence-corrected chi connectivity index (χ3v) is 1.98. The van der Waals surface area contributed by atoms with Gasteiger partial charge in [0.25, 0.3) is 5.56 Å². The predicted molar refractivity (Wildman–Crippen MR) is 52.4 cm³/mol. The second-order valence-electron chi connectivity index (χ2n) is 3.48. The molecule has 14 heavy (non-hydrogen) atoms. The third-order valence-electron chi connectivity index (χ3n) is 1.98. The summed E-state index contributed by atoms with van der Waals surface area (Å²) in [7, 11) is 0. The monoisotopic (exact) mass is 195 g/mol. The predicted octanol–water partition coefficient (Wildman–Crippen LogP) is 1.06. The van der Waals surface area contributed by atoms with Crippen molar-refractivity contribution in [3.8, 4) is 0 Å². The second-order valence-corrected chi connectivity index (χ2v) is 3.48. The van der Waals surface area contributed by atoms with Crippen LogP contribution in [0.2, 0.25) is 0 Å². The zero-order valence-electron chi connectivity index (χ0n) is 8.23. The Hall–Kier alpha value is -1.58. The highest BCUT2D eigenvalue weighted by molar-refractivity contribution is 5.66. The molecule has 0 saturated heterocycles. The van der Waals surface area contributed by atoms with Crippen LogP contribution in [0.3, 0.4) is 0 Å². The van der Waals surface area contributed by atoms with E-state index in [2.05, 4.69) is 0 Å². The van der Waals surface area contributed by atoms with Crippen LogP contribution in [0.5, 0.6) is 0 Å². The zero-order valence-corrected chi connectivity index (χ0v) is 8.23. The van der Waals surface area contributed by atoms with Gasteiger partial charge in [-0.3, -0.25) is 9.59 Å². The number of aliphatic carboxylic acids is 1. The van der Waals surface area contributed by atoms with Crippen LogP contribution in [-0.4, -0.2) is 15.6 Å². The van der Waals surface area contributed by atoms with Gasteiger partial charge in [0.15, 0.2) is 0 Å². The Morgan fingerprint density at radius 2 is 2.14 bits per heavy atom. The quantitative estimate of drug-likeness (QED) is 0.784. The molecule has 0 aliphatic rings. The summed E-state index contributed by atoms with van der Waals surface area (Å²) in [5.41, 5.74) is 0.683. The van der Waals surface area contributed by atoms with Crippen molar-refractivity contribution in [2.75, 3.05) is 0 Å². The highest BCUT2D eigenvalue weighted by atomic mass is 16.4. The number of rotatable bonds is 3. The number of carboxylic acids is 1. The molecule has 0 aliphatic carbocycles. The molecule has 0 spiro atoms. The van der Waals surface area contributed by atoms with Crippen molar-refractivity contribution in [2.24, 2.45) is 0 Å². The van der Waals surface area contributed by atoms with Gasteiger partial charge in [0, 0.05) is 12.3 Å². The topological polar surface area (TPSA) is 59.3 Å². The first-order valence-corrected chi connectivity index (χ1v) is 4.43. The minimum atomic E-state index is -1.01. The van der Waals surface area contributed by atoms with E-state index in [9.17, 15) is 9.59 Å². The molecule has 0 radical (unpaired) electrons. The molecule has 0 fully saturated rings. The molecule has 0 aliphatic heterocycles.